The van der Waals surface area contributed by atoms with Crippen molar-refractivity contribution in [3.8, 4) is 0 Å². The summed E-state index contributed by atoms with van der Waals surface area (Å²) in [6.45, 7) is 1.97. The number of hydrogen-bond donors (Lipinski definition) is 1. The molecular weight excluding hydrogens is 266 g/mol. The van der Waals surface area contributed by atoms with Crippen LogP contribution >= 0.6 is 22.9 Å². The van der Waals surface area contributed by atoms with Gasteiger partial charge in [0.05, 0.1) is 12.5 Å². The zero-order chi connectivity index (χ0) is 13.0. The summed E-state index contributed by atoms with van der Waals surface area (Å²) in [6, 6.07) is 11.4. The average molecular weight is 280 g/mol. The van der Waals surface area contributed by atoms with E-state index in [0.717, 1.165) is 10.4 Å². The van der Waals surface area contributed by atoms with Gasteiger partial charge in [0.25, 0.3) is 0 Å². The van der Waals surface area contributed by atoms with Crippen molar-refractivity contribution in [3.05, 3.63) is 57.2 Å². The van der Waals surface area contributed by atoms with Crippen molar-refractivity contribution in [1.82, 2.24) is 5.32 Å². The lowest BCUT2D eigenvalue weighted by Crippen LogP contribution is -2.27. The molecule has 0 bridgehead atoms. The number of amides is 1. The van der Waals surface area contributed by atoms with E-state index in [0.29, 0.717) is 11.4 Å². The molecule has 1 N–H and O–H groups in total. The topological polar surface area (TPSA) is 29.1 Å². The Bertz CT molecular complexity index is 507. The van der Waals surface area contributed by atoms with Crippen LogP contribution in [0.4, 0.5) is 0 Å². The molecule has 0 radical (unpaired) electrons. The summed E-state index contributed by atoms with van der Waals surface area (Å²) in [6.07, 6.45) is 0.440. The lowest BCUT2D eigenvalue weighted by atomic mass is 10.1. The monoisotopic (exact) mass is 279 g/mol. The van der Waals surface area contributed by atoms with E-state index in [-0.39, 0.29) is 11.9 Å². The van der Waals surface area contributed by atoms with E-state index in [2.05, 4.69) is 5.32 Å². The van der Waals surface area contributed by atoms with Gasteiger partial charge in [-0.2, -0.15) is 0 Å². The van der Waals surface area contributed by atoms with Crippen molar-refractivity contribution in [2.24, 2.45) is 0 Å². The van der Waals surface area contributed by atoms with Crippen molar-refractivity contribution >= 4 is 28.8 Å². The Morgan fingerprint density at radius 2 is 2.06 bits per heavy atom. The van der Waals surface area contributed by atoms with Crippen LogP contribution in [0.15, 0.2) is 41.8 Å². The third kappa shape index (κ3) is 3.59. The number of nitrogens with one attached hydrogen (secondary N) is 1. The first-order chi connectivity index (χ1) is 8.65. The van der Waals surface area contributed by atoms with Crippen LogP contribution in [-0.4, -0.2) is 5.91 Å². The summed E-state index contributed by atoms with van der Waals surface area (Å²) in [5.41, 5.74) is 1.05. The van der Waals surface area contributed by atoms with Crippen LogP contribution in [0.25, 0.3) is 0 Å². The Hall–Kier alpha value is -1.32. The number of benzene rings is 1. The highest BCUT2D eigenvalue weighted by Gasteiger charge is 2.10. The molecule has 94 valence electrons. The first-order valence-corrected chi connectivity index (χ1v) is 6.98. The third-order valence-corrected chi connectivity index (χ3v) is 3.79. The highest BCUT2D eigenvalue weighted by atomic mass is 35.5. The van der Waals surface area contributed by atoms with Crippen molar-refractivity contribution in [3.63, 3.8) is 0 Å². The number of rotatable bonds is 4. The highest BCUT2D eigenvalue weighted by Crippen LogP contribution is 2.16. The summed E-state index contributed by atoms with van der Waals surface area (Å²) in [4.78, 5) is 12.9. The molecule has 1 aromatic carbocycles. The van der Waals surface area contributed by atoms with Crippen LogP contribution in [0.1, 0.15) is 23.4 Å². The quantitative estimate of drug-likeness (QED) is 0.906. The zero-order valence-electron chi connectivity index (χ0n) is 10.0. The Morgan fingerprint density at radius 1 is 1.33 bits per heavy atom. The van der Waals surface area contributed by atoms with Crippen molar-refractivity contribution < 1.29 is 4.79 Å². The lowest BCUT2D eigenvalue weighted by Gasteiger charge is -2.14. The van der Waals surface area contributed by atoms with Gasteiger partial charge in [0.2, 0.25) is 5.91 Å². The Kier molecular flexibility index (Phi) is 4.39. The molecule has 0 saturated heterocycles. The van der Waals surface area contributed by atoms with E-state index in [4.69, 9.17) is 11.6 Å². The van der Waals surface area contributed by atoms with Crippen LogP contribution in [-0.2, 0) is 11.2 Å². The number of hydrogen-bond acceptors (Lipinski definition) is 2. The summed E-state index contributed by atoms with van der Waals surface area (Å²) in [7, 11) is 0. The molecule has 0 aliphatic rings. The van der Waals surface area contributed by atoms with Crippen LogP contribution in [0.2, 0.25) is 5.02 Å². The minimum absolute atomic E-state index is 0.00488. The Morgan fingerprint density at radius 3 is 2.67 bits per heavy atom. The lowest BCUT2D eigenvalue weighted by molar-refractivity contribution is -0.121. The zero-order valence-corrected chi connectivity index (χ0v) is 11.6. The Balaban J connectivity index is 1.92. The fourth-order valence-electron chi connectivity index (χ4n) is 1.70. The van der Waals surface area contributed by atoms with E-state index < -0.39 is 0 Å². The van der Waals surface area contributed by atoms with E-state index in [1.54, 1.807) is 11.3 Å². The summed E-state index contributed by atoms with van der Waals surface area (Å²) in [5.74, 6) is 0.0416. The SMILES string of the molecule is C[C@@H](NC(=O)Cc1cccs1)c1ccc(Cl)cc1. The molecule has 0 saturated carbocycles. The molecule has 1 atom stereocenters. The molecule has 1 heterocycles. The van der Waals surface area contributed by atoms with Crippen LogP contribution in [0.3, 0.4) is 0 Å². The molecule has 0 spiro atoms. The number of halogens is 1. The number of thiophene rings is 1. The largest absolute Gasteiger partial charge is 0.349 e. The number of carbonyl (C=O) groups is 1. The second kappa shape index (κ2) is 6.03. The molecule has 2 rings (SSSR count). The van der Waals surface area contributed by atoms with Gasteiger partial charge in [0, 0.05) is 9.90 Å². The fourth-order valence-corrected chi connectivity index (χ4v) is 2.53. The molecule has 18 heavy (non-hydrogen) atoms. The van der Waals surface area contributed by atoms with Crippen molar-refractivity contribution in [2.45, 2.75) is 19.4 Å². The maximum Gasteiger partial charge on any atom is 0.225 e. The van der Waals surface area contributed by atoms with Crippen LogP contribution < -0.4 is 5.32 Å². The van der Waals surface area contributed by atoms with E-state index >= 15 is 0 Å². The summed E-state index contributed by atoms with van der Waals surface area (Å²) in [5, 5.41) is 5.66. The van der Waals surface area contributed by atoms with Gasteiger partial charge >= 0.3 is 0 Å². The van der Waals surface area contributed by atoms with E-state index in [1.165, 1.54) is 0 Å². The molecule has 2 nitrogen and oxygen atoms in total. The molecule has 0 aliphatic carbocycles. The minimum atomic E-state index is -0.00488. The van der Waals surface area contributed by atoms with E-state index in [9.17, 15) is 4.79 Å². The number of carbonyl (C=O) groups excluding carboxylic acids is 1. The Labute approximate surface area is 116 Å². The smallest absolute Gasteiger partial charge is 0.225 e. The molecule has 0 aliphatic heterocycles. The average Bonchev–Trinajstić information content (AvgIpc) is 2.82. The molecule has 0 unspecified atom stereocenters. The standard InChI is InChI=1S/C14H14ClNOS/c1-10(11-4-6-12(15)7-5-11)16-14(17)9-13-3-2-8-18-13/h2-8,10H,9H2,1H3,(H,16,17)/t10-/m1/s1. The fraction of sp³-hybridized carbons (Fsp3) is 0.214. The summed E-state index contributed by atoms with van der Waals surface area (Å²) < 4.78 is 0. The van der Waals surface area contributed by atoms with Gasteiger partial charge in [-0.1, -0.05) is 29.8 Å². The molecule has 1 aromatic heterocycles. The molecule has 1 amide bonds. The highest BCUT2D eigenvalue weighted by molar-refractivity contribution is 7.10. The van der Waals surface area contributed by atoms with E-state index in [1.807, 2.05) is 48.7 Å². The predicted molar refractivity (Wildman–Crippen MR) is 76.0 cm³/mol. The first-order valence-electron chi connectivity index (χ1n) is 5.72. The second-order valence-electron chi connectivity index (χ2n) is 4.10. The third-order valence-electron chi connectivity index (χ3n) is 2.66. The van der Waals surface area contributed by atoms with Gasteiger partial charge in [0.15, 0.2) is 0 Å². The van der Waals surface area contributed by atoms with Gasteiger partial charge in [-0.15, -0.1) is 11.3 Å². The second-order valence-corrected chi connectivity index (χ2v) is 5.57. The normalized spacial score (nSPS) is 12.1. The molecule has 4 heteroatoms. The van der Waals surface area contributed by atoms with Crippen LogP contribution in [0, 0.1) is 0 Å². The van der Waals surface area contributed by atoms with Crippen LogP contribution in [0.5, 0.6) is 0 Å². The predicted octanol–water partition coefficient (Wildman–Crippen LogP) is 3.82. The van der Waals surface area contributed by atoms with Gasteiger partial charge in [-0.3, -0.25) is 4.79 Å². The maximum atomic E-state index is 11.8. The van der Waals surface area contributed by atoms with Gasteiger partial charge < -0.3 is 5.32 Å². The molecular formula is C14H14ClNOS. The van der Waals surface area contributed by atoms with Crippen molar-refractivity contribution in [2.75, 3.05) is 0 Å². The summed E-state index contributed by atoms with van der Waals surface area (Å²) >= 11 is 7.43. The van der Waals surface area contributed by atoms with Crippen molar-refractivity contribution in [1.29, 1.82) is 0 Å². The van der Waals surface area contributed by atoms with Gasteiger partial charge in [-0.25, -0.2) is 0 Å². The van der Waals surface area contributed by atoms with Gasteiger partial charge in [-0.05, 0) is 36.1 Å². The molecule has 0 fully saturated rings. The maximum absolute atomic E-state index is 11.8. The van der Waals surface area contributed by atoms with Gasteiger partial charge in [0.1, 0.15) is 0 Å². The minimum Gasteiger partial charge on any atom is -0.349 e. The first kappa shape index (κ1) is 13.1. The molecule has 2 aromatic rings.